The zero-order valence-electron chi connectivity index (χ0n) is 10.8. The molecular weight excluding hydrogens is 230 g/mol. The molecule has 5 nitrogen and oxygen atoms in total. The SMILES string of the molecule is COc1cc(C)ccc1C(O)Cc1ncnn1C. The third kappa shape index (κ3) is 2.51. The fourth-order valence-electron chi connectivity index (χ4n) is 1.88. The zero-order valence-corrected chi connectivity index (χ0v) is 10.8. The molecular formula is C13H17N3O2. The first-order valence-corrected chi connectivity index (χ1v) is 5.77. The Morgan fingerprint density at radius 3 is 2.83 bits per heavy atom. The Kier molecular flexibility index (Phi) is 3.62. The molecule has 96 valence electrons. The largest absolute Gasteiger partial charge is 0.496 e. The van der Waals surface area contributed by atoms with E-state index in [4.69, 9.17) is 4.74 Å². The van der Waals surface area contributed by atoms with Gasteiger partial charge in [-0.2, -0.15) is 5.10 Å². The summed E-state index contributed by atoms with van der Waals surface area (Å²) in [6, 6.07) is 5.75. The summed E-state index contributed by atoms with van der Waals surface area (Å²) in [4.78, 5) is 4.11. The molecule has 0 aliphatic carbocycles. The Hall–Kier alpha value is -1.88. The fraction of sp³-hybridized carbons (Fsp3) is 0.385. The van der Waals surface area contributed by atoms with Crippen LogP contribution in [-0.2, 0) is 13.5 Å². The van der Waals surface area contributed by atoms with Gasteiger partial charge in [0.1, 0.15) is 17.9 Å². The maximum Gasteiger partial charge on any atom is 0.138 e. The second-order valence-corrected chi connectivity index (χ2v) is 4.27. The summed E-state index contributed by atoms with van der Waals surface area (Å²) < 4.78 is 6.95. The van der Waals surface area contributed by atoms with Crippen LogP contribution in [0, 0.1) is 6.92 Å². The number of ether oxygens (including phenoxy) is 1. The van der Waals surface area contributed by atoms with Crippen LogP contribution in [0.2, 0.25) is 0 Å². The van der Waals surface area contributed by atoms with Gasteiger partial charge in [0.05, 0.1) is 13.2 Å². The second-order valence-electron chi connectivity index (χ2n) is 4.27. The molecule has 1 atom stereocenters. The molecule has 0 radical (unpaired) electrons. The molecule has 0 amide bonds. The average Bonchev–Trinajstić information content (AvgIpc) is 2.74. The number of hydrogen-bond donors (Lipinski definition) is 1. The van der Waals surface area contributed by atoms with Gasteiger partial charge >= 0.3 is 0 Å². The van der Waals surface area contributed by atoms with Crippen LogP contribution >= 0.6 is 0 Å². The predicted octanol–water partition coefficient (Wildman–Crippen LogP) is 1.41. The molecule has 1 heterocycles. The fourth-order valence-corrected chi connectivity index (χ4v) is 1.88. The lowest BCUT2D eigenvalue weighted by atomic mass is 10.0. The number of benzene rings is 1. The van der Waals surface area contributed by atoms with E-state index in [1.54, 1.807) is 18.8 Å². The van der Waals surface area contributed by atoms with Gasteiger partial charge in [0, 0.05) is 19.0 Å². The lowest BCUT2D eigenvalue weighted by Crippen LogP contribution is -2.09. The smallest absolute Gasteiger partial charge is 0.138 e. The van der Waals surface area contributed by atoms with Crippen molar-refractivity contribution in [2.75, 3.05) is 7.11 Å². The molecule has 0 aliphatic rings. The molecule has 5 heteroatoms. The van der Waals surface area contributed by atoms with E-state index in [-0.39, 0.29) is 0 Å². The number of hydrogen-bond acceptors (Lipinski definition) is 4. The minimum absolute atomic E-state index is 0.413. The van der Waals surface area contributed by atoms with Crippen LogP contribution in [0.3, 0.4) is 0 Å². The molecule has 1 N–H and O–H groups in total. The maximum absolute atomic E-state index is 10.3. The predicted molar refractivity (Wildman–Crippen MR) is 67.4 cm³/mol. The lowest BCUT2D eigenvalue weighted by molar-refractivity contribution is 0.170. The topological polar surface area (TPSA) is 60.2 Å². The molecule has 18 heavy (non-hydrogen) atoms. The van der Waals surface area contributed by atoms with Crippen LogP contribution in [-0.4, -0.2) is 27.0 Å². The summed E-state index contributed by atoms with van der Waals surface area (Å²) in [6.07, 6.45) is 1.24. The Morgan fingerprint density at radius 1 is 1.44 bits per heavy atom. The van der Waals surface area contributed by atoms with Gasteiger partial charge in [-0.25, -0.2) is 4.98 Å². The maximum atomic E-state index is 10.3. The van der Waals surface area contributed by atoms with E-state index in [1.165, 1.54) is 6.33 Å². The van der Waals surface area contributed by atoms with Crippen LogP contribution in [0.5, 0.6) is 5.75 Å². The monoisotopic (exact) mass is 247 g/mol. The molecule has 0 aliphatic heterocycles. The van der Waals surface area contributed by atoms with Crippen molar-refractivity contribution in [2.45, 2.75) is 19.4 Å². The van der Waals surface area contributed by atoms with Crippen molar-refractivity contribution in [2.24, 2.45) is 7.05 Å². The summed E-state index contributed by atoms with van der Waals surface area (Å²) in [5.74, 6) is 1.44. The van der Waals surface area contributed by atoms with Gasteiger partial charge in [-0.15, -0.1) is 0 Å². The second kappa shape index (κ2) is 5.18. The van der Waals surface area contributed by atoms with E-state index in [0.29, 0.717) is 12.2 Å². The van der Waals surface area contributed by atoms with E-state index < -0.39 is 6.10 Å². The molecule has 0 fully saturated rings. The summed E-state index contributed by atoms with van der Waals surface area (Å²) in [5.41, 5.74) is 1.87. The number of aliphatic hydroxyl groups excluding tert-OH is 1. The Bertz CT molecular complexity index is 537. The minimum atomic E-state index is -0.650. The molecule has 1 unspecified atom stereocenters. The number of nitrogens with zero attached hydrogens (tertiary/aromatic N) is 3. The molecule has 2 aromatic rings. The van der Waals surface area contributed by atoms with Crippen molar-refractivity contribution >= 4 is 0 Å². The standard InChI is InChI=1S/C13H17N3O2/c1-9-4-5-10(12(6-9)18-3)11(17)7-13-14-8-15-16(13)2/h4-6,8,11,17H,7H2,1-3H3. The molecule has 0 bridgehead atoms. The lowest BCUT2D eigenvalue weighted by Gasteiger charge is -2.15. The van der Waals surface area contributed by atoms with Gasteiger partial charge in [-0.1, -0.05) is 12.1 Å². The summed E-state index contributed by atoms with van der Waals surface area (Å²) in [5, 5.41) is 14.2. The molecule has 0 saturated carbocycles. The third-order valence-corrected chi connectivity index (χ3v) is 2.93. The molecule has 1 aromatic heterocycles. The normalized spacial score (nSPS) is 12.4. The number of aromatic nitrogens is 3. The highest BCUT2D eigenvalue weighted by molar-refractivity contribution is 5.38. The molecule has 1 aromatic carbocycles. The van der Waals surface area contributed by atoms with E-state index >= 15 is 0 Å². The van der Waals surface area contributed by atoms with Crippen molar-refractivity contribution in [3.63, 3.8) is 0 Å². The van der Waals surface area contributed by atoms with Crippen molar-refractivity contribution in [1.82, 2.24) is 14.8 Å². The highest BCUT2D eigenvalue weighted by Crippen LogP contribution is 2.28. The number of rotatable bonds is 4. The number of methoxy groups -OCH3 is 1. The van der Waals surface area contributed by atoms with Crippen LogP contribution < -0.4 is 4.74 Å². The Balaban J connectivity index is 2.23. The minimum Gasteiger partial charge on any atom is -0.496 e. The van der Waals surface area contributed by atoms with Gasteiger partial charge in [0.2, 0.25) is 0 Å². The van der Waals surface area contributed by atoms with E-state index in [2.05, 4.69) is 10.1 Å². The highest BCUT2D eigenvalue weighted by atomic mass is 16.5. The first kappa shape index (κ1) is 12.6. The van der Waals surface area contributed by atoms with E-state index in [1.807, 2.05) is 25.1 Å². The van der Waals surface area contributed by atoms with Gasteiger partial charge in [0.25, 0.3) is 0 Å². The first-order chi connectivity index (χ1) is 8.61. The van der Waals surface area contributed by atoms with Crippen molar-refractivity contribution in [1.29, 1.82) is 0 Å². The Labute approximate surface area is 106 Å². The first-order valence-electron chi connectivity index (χ1n) is 5.77. The highest BCUT2D eigenvalue weighted by Gasteiger charge is 2.16. The van der Waals surface area contributed by atoms with Crippen LogP contribution in [0.4, 0.5) is 0 Å². The number of aliphatic hydroxyl groups is 1. The molecule has 2 rings (SSSR count). The summed E-state index contributed by atoms with van der Waals surface area (Å²) in [6.45, 7) is 1.99. The number of aryl methyl sites for hydroxylation is 2. The van der Waals surface area contributed by atoms with E-state index in [9.17, 15) is 5.11 Å². The van der Waals surface area contributed by atoms with E-state index in [0.717, 1.165) is 17.0 Å². The molecule has 0 saturated heterocycles. The Morgan fingerprint density at radius 2 is 2.22 bits per heavy atom. The van der Waals surface area contributed by atoms with Gasteiger partial charge in [0.15, 0.2) is 0 Å². The average molecular weight is 247 g/mol. The van der Waals surface area contributed by atoms with Gasteiger partial charge < -0.3 is 9.84 Å². The van der Waals surface area contributed by atoms with Crippen LogP contribution in [0.25, 0.3) is 0 Å². The van der Waals surface area contributed by atoms with Crippen molar-refractivity contribution < 1.29 is 9.84 Å². The van der Waals surface area contributed by atoms with Crippen LogP contribution in [0.15, 0.2) is 24.5 Å². The quantitative estimate of drug-likeness (QED) is 0.887. The third-order valence-electron chi connectivity index (χ3n) is 2.93. The molecule has 0 spiro atoms. The van der Waals surface area contributed by atoms with Gasteiger partial charge in [-0.3, -0.25) is 4.68 Å². The zero-order chi connectivity index (χ0) is 13.1. The van der Waals surface area contributed by atoms with Crippen LogP contribution in [0.1, 0.15) is 23.1 Å². The van der Waals surface area contributed by atoms with Gasteiger partial charge in [-0.05, 0) is 18.6 Å². The summed E-state index contributed by atoms with van der Waals surface area (Å²) >= 11 is 0. The van der Waals surface area contributed by atoms with Crippen molar-refractivity contribution in [3.8, 4) is 5.75 Å². The van der Waals surface area contributed by atoms with Crippen molar-refractivity contribution in [3.05, 3.63) is 41.5 Å². The summed E-state index contributed by atoms with van der Waals surface area (Å²) in [7, 11) is 3.41.